The number of hydrogen-bond acceptors (Lipinski definition) is 12. The monoisotopic (exact) mass is 961 g/mol. The van der Waals surface area contributed by atoms with E-state index in [1.165, 1.54) is 69.2 Å². The molecule has 6 atom stereocenters. The van der Waals surface area contributed by atoms with Crippen molar-refractivity contribution in [3.05, 3.63) is 82.4 Å². The number of nitrogens with zero attached hydrogens (tertiary/aromatic N) is 3. The van der Waals surface area contributed by atoms with Gasteiger partial charge in [-0.05, 0) is 107 Å². The van der Waals surface area contributed by atoms with Crippen LogP contribution in [0.1, 0.15) is 162 Å². The fourth-order valence-electron chi connectivity index (χ4n) is 10.3. The summed E-state index contributed by atoms with van der Waals surface area (Å²) in [4.78, 5) is 46.8. The van der Waals surface area contributed by atoms with Gasteiger partial charge in [0.05, 0.1) is 23.2 Å². The first kappa shape index (κ1) is 54.9. The second-order valence-electron chi connectivity index (χ2n) is 19.8. The fraction of sp³-hybridized carbons (Fsp3) is 0.648. The molecule has 0 saturated heterocycles. The highest BCUT2D eigenvalue weighted by molar-refractivity contribution is 6.03. The highest BCUT2D eigenvalue weighted by atomic mass is 16.7. The molecule has 15 heteroatoms. The number of carbonyl (C=O) groups excluding carboxylic acids is 2. The number of fused-ring (bicyclic) bond motifs is 2. The lowest BCUT2D eigenvalue weighted by molar-refractivity contribution is -0.384. The van der Waals surface area contributed by atoms with Gasteiger partial charge >= 0.3 is 12.2 Å². The first-order valence-corrected chi connectivity index (χ1v) is 25.8. The predicted molar refractivity (Wildman–Crippen MR) is 268 cm³/mol. The van der Waals surface area contributed by atoms with Crippen LogP contribution in [0.4, 0.5) is 15.3 Å². The van der Waals surface area contributed by atoms with Crippen molar-refractivity contribution < 1.29 is 48.5 Å². The molecule has 3 aliphatic rings. The highest BCUT2D eigenvalue weighted by Crippen LogP contribution is 2.62. The van der Waals surface area contributed by atoms with Crippen LogP contribution >= 0.6 is 0 Å². The van der Waals surface area contributed by atoms with Crippen LogP contribution in [-0.2, 0) is 9.57 Å². The third kappa shape index (κ3) is 15.3. The fourth-order valence-corrected chi connectivity index (χ4v) is 10.3. The second kappa shape index (κ2) is 27.4. The van der Waals surface area contributed by atoms with E-state index in [1.54, 1.807) is 17.0 Å². The molecule has 0 spiro atoms. The average Bonchev–Trinajstić information content (AvgIpc) is 3.32. The molecule has 5 rings (SSSR count). The number of carbonyl (C=O) groups is 2. The van der Waals surface area contributed by atoms with Gasteiger partial charge in [-0.1, -0.05) is 102 Å². The standard InChI is InChI=1S/C54H80N4O11/c1-7-10-11-12-13-14-15-16-17-20-31-55-51(61)66-42-29-30-47-45(37-42)49-43(24-19-22-34-60)39(23-18-21-33-59)36-44-46(56-69-53(4,5)6)38-48(54(68-47,50(44)49)65-35-9-3)57(32-8-2)52(62)67-41-27-25-40(26-28-41)58(63)64/h9,25-30,36-37,39,43,48-50,59-60H,3,7-8,10-24,31-35,38H2,1-2,4-6H3,(H,55,61)/t39-,43+,48-,49+,50+,54+/m0/s1. The van der Waals surface area contributed by atoms with Crippen LogP contribution in [0.2, 0.25) is 0 Å². The van der Waals surface area contributed by atoms with Crippen LogP contribution in [0.25, 0.3) is 0 Å². The molecule has 1 saturated carbocycles. The van der Waals surface area contributed by atoms with Crippen molar-refractivity contribution >= 4 is 23.6 Å². The summed E-state index contributed by atoms with van der Waals surface area (Å²) in [5.41, 5.74) is 1.51. The Kier molecular flexibility index (Phi) is 21.8. The van der Waals surface area contributed by atoms with E-state index in [0.29, 0.717) is 43.0 Å². The van der Waals surface area contributed by atoms with Gasteiger partial charge in [0.15, 0.2) is 0 Å². The third-order valence-corrected chi connectivity index (χ3v) is 13.4. The van der Waals surface area contributed by atoms with Gasteiger partial charge in [-0.2, -0.15) is 0 Å². The minimum Gasteiger partial charge on any atom is -0.459 e. The minimum absolute atomic E-state index is 0.00119. The molecule has 0 aromatic heterocycles. The number of nitro benzene ring substituents is 1. The molecule has 2 aromatic carbocycles. The maximum Gasteiger partial charge on any atom is 0.415 e. The number of allylic oxidation sites excluding steroid dienone is 1. The Morgan fingerprint density at radius 1 is 0.899 bits per heavy atom. The van der Waals surface area contributed by atoms with Gasteiger partial charge in [-0.3, -0.25) is 15.0 Å². The molecule has 0 unspecified atom stereocenters. The molecule has 2 aliphatic carbocycles. The van der Waals surface area contributed by atoms with Gasteiger partial charge in [0.1, 0.15) is 28.9 Å². The van der Waals surface area contributed by atoms with Crippen LogP contribution in [-0.4, -0.2) is 88.3 Å². The molecule has 2 aromatic rings. The van der Waals surface area contributed by atoms with Gasteiger partial charge < -0.3 is 39.3 Å². The number of benzene rings is 2. The maximum atomic E-state index is 14.7. The molecule has 382 valence electrons. The molecular formula is C54H80N4O11. The third-order valence-electron chi connectivity index (χ3n) is 13.4. The predicted octanol–water partition coefficient (Wildman–Crippen LogP) is 11.9. The van der Waals surface area contributed by atoms with Crippen molar-refractivity contribution in [2.24, 2.45) is 22.9 Å². The maximum absolute atomic E-state index is 14.7. The number of aliphatic hydroxyl groups excluding tert-OH is 2. The molecule has 69 heavy (non-hydrogen) atoms. The highest BCUT2D eigenvalue weighted by Gasteiger charge is 2.65. The normalized spacial score (nSPS) is 22.1. The van der Waals surface area contributed by atoms with Crippen molar-refractivity contribution in [2.45, 2.75) is 174 Å². The van der Waals surface area contributed by atoms with Gasteiger partial charge in [0.2, 0.25) is 5.79 Å². The van der Waals surface area contributed by atoms with Gasteiger partial charge in [0.25, 0.3) is 5.69 Å². The zero-order chi connectivity index (χ0) is 49.8. The van der Waals surface area contributed by atoms with Gasteiger partial charge in [-0.15, -0.1) is 6.58 Å². The van der Waals surface area contributed by atoms with Crippen LogP contribution in [0.5, 0.6) is 17.2 Å². The number of non-ortho nitro benzene ring substituents is 1. The number of nitrogens with one attached hydrogen (secondary N) is 1. The van der Waals surface area contributed by atoms with Crippen LogP contribution in [0.3, 0.4) is 0 Å². The van der Waals surface area contributed by atoms with E-state index in [1.807, 2.05) is 39.8 Å². The van der Waals surface area contributed by atoms with E-state index in [4.69, 9.17) is 28.9 Å². The lowest BCUT2D eigenvalue weighted by Gasteiger charge is -2.60. The number of hydrogen-bond donors (Lipinski definition) is 3. The van der Waals surface area contributed by atoms with Crippen molar-refractivity contribution in [1.82, 2.24) is 10.2 Å². The van der Waals surface area contributed by atoms with Gasteiger partial charge in [0, 0.05) is 56.3 Å². The first-order valence-electron chi connectivity index (χ1n) is 25.8. The average molecular weight is 961 g/mol. The summed E-state index contributed by atoms with van der Waals surface area (Å²) < 4.78 is 26.3. The summed E-state index contributed by atoms with van der Waals surface area (Å²) in [5.74, 6) is -1.52. The Morgan fingerprint density at radius 3 is 2.17 bits per heavy atom. The van der Waals surface area contributed by atoms with Crippen LogP contribution in [0.15, 0.2) is 71.9 Å². The summed E-state index contributed by atoms with van der Waals surface area (Å²) in [7, 11) is 0. The number of nitro groups is 1. The summed E-state index contributed by atoms with van der Waals surface area (Å²) in [6, 6.07) is 9.93. The molecule has 15 nitrogen and oxygen atoms in total. The van der Waals surface area contributed by atoms with E-state index < -0.39 is 40.5 Å². The van der Waals surface area contributed by atoms with E-state index in [2.05, 4.69) is 24.9 Å². The Labute approximate surface area is 410 Å². The lowest BCUT2D eigenvalue weighted by atomic mass is 9.55. The SMILES string of the molecule is C=CCO[C@@]12Oc3ccc(OC(=O)NCCCCCCCCCCCC)cc3[C@H]3[C@H](CCCCO)[C@@H](CCCCO)C=C(C(=NOC(C)(C)C)C[C@@H]1N(CCC)C(=O)Oc1ccc([N+](=O)[O-])cc1)[C@H]32. The lowest BCUT2D eigenvalue weighted by Crippen LogP contribution is -2.70. The smallest absolute Gasteiger partial charge is 0.415 e. The van der Waals surface area contributed by atoms with Crippen LogP contribution in [0, 0.1) is 27.9 Å². The molecule has 1 aliphatic heterocycles. The number of oxime groups is 1. The molecule has 2 amide bonds. The second-order valence-corrected chi connectivity index (χ2v) is 19.8. The molecule has 0 bridgehead atoms. The summed E-state index contributed by atoms with van der Waals surface area (Å²) in [5, 5.41) is 39.2. The zero-order valence-electron chi connectivity index (χ0n) is 42.0. The van der Waals surface area contributed by atoms with Crippen molar-refractivity contribution in [1.29, 1.82) is 0 Å². The van der Waals surface area contributed by atoms with Crippen molar-refractivity contribution in [3.8, 4) is 17.2 Å². The Bertz CT molecular complexity index is 2020. The number of ether oxygens (including phenoxy) is 4. The van der Waals surface area contributed by atoms with Crippen molar-refractivity contribution in [3.63, 3.8) is 0 Å². The Balaban J connectivity index is 1.57. The van der Waals surface area contributed by atoms with Crippen LogP contribution < -0.4 is 19.5 Å². The quantitative estimate of drug-likeness (QED) is 0.0304. The first-order chi connectivity index (χ1) is 33.3. The number of unbranched alkanes of at least 4 members (excludes halogenated alkanes) is 11. The molecule has 1 heterocycles. The largest absolute Gasteiger partial charge is 0.459 e. The Morgan fingerprint density at radius 2 is 1.55 bits per heavy atom. The Hall–Kier alpha value is -4.99. The molecule has 1 fully saturated rings. The van der Waals surface area contributed by atoms with E-state index in [-0.39, 0.29) is 62.0 Å². The van der Waals surface area contributed by atoms with Gasteiger partial charge in [-0.25, -0.2) is 9.59 Å². The molecule has 3 N–H and O–H groups in total. The number of amides is 2. The van der Waals surface area contributed by atoms with E-state index in [9.17, 15) is 29.9 Å². The van der Waals surface area contributed by atoms with Crippen molar-refractivity contribution in [2.75, 3.05) is 32.9 Å². The summed E-state index contributed by atoms with van der Waals surface area (Å²) in [6.07, 6.45) is 19.6. The summed E-state index contributed by atoms with van der Waals surface area (Å²) >= 11 is 0. The molecular weight excluding hydrogens is 881 g/mol. The molecule has 0 radical (unpaired) electrons. The minimum atomic E-state index is -1.54. The van der Waals surface area contributed by atoms with E-state index >= 15 is 0 Å². The number of rotatable bonds is 29. The number of aliphatic hydroxyl groups is 2. The summed E-state index contributed by atoms with van der Waals surface area (Å²) in [6.45, 7) is 14.9. The van der Waals surface area contributed by atoms with E-state index in [0.717, 1.165) is 56.1 Å². The topological polar surface area (TPSA) is 192 Å². The zero-order valence-corrected chi connectivity index (χ0v) is 42.0.